The molecule has 0 aliphatic heterocycles. The number of methoxy groups -OCH3 is 4. The number of ether oxygens (including phenoxy) is 5. The quantitative estimate of drug-likeness (QED) is 0.537. The molecule has 0 aliphatic rings. The van der Waals surface area contributed by atoms with E-state index in [0.29, 0.717) is 28.7 Å². The van der Waals surface area contributed by atoms with Crippen LogP contribution in [0, 0.1) is 0 Å². The highest BCUT2D eigenvalue weighted by molar-refractivity contribution is 6.02. The molecule has 0 spiro atoms. The molecule has 1 N–H and O–H groups in total. The van der Waals surface area contributed by atoms with Crippen LogP contribution in [0.5, 0.6) is 23.0 Å². The number of amides is 1. The van der Waals surface area contributed by atoms with Crippen molar-refractivity contribution in [2.24, 2.45) is 0 Å². The van der Waals surface area contributed by atoms with E-state index >= 15 is 0 Å². The molecule has 27 heavy (non-hydrogen) atoms. The molecular weight excluding hydrogens is 350 g/mol. The van der Waals surface area contributed by atoms with E-state index in [1.165, 1.54) is 27.4 Å². The molecule has 0 heterocycles. The van der Waals surface area contributed by atoms with Crippen LogP contribution in [0.25, 0.3) is 6.08 Å². The van der Waals surface area contributed by atoms with E-state index in [0.717, 1.165) is 5.56 Å². The first-order chi connectivity index (χ1) is 13.1. The highest BCUT2D eigenvalue weighted by atomic mass is 16.7. The fourth-order valence-corrected chi connectivity index (χ4v) is 2.31. The number of nitrogens with one attached hydrogen (secondary N) is 1. The van der Waals surface area contributed by atoms with Gasteiger partial charge in [0, 0.05) is 31.0 Å². The second-order valence-electron chi connectivity index (χ2n) is 5.36. The van der Waals surface area contributed by atoms with E-state index in [1.54, 1.807) is 37.5 Å². The highest BCUT2D eigenvalue weighted by Gasteiger charge is 2.13. The van der Waals surface area contributed by atoms with Gasteiger partial charge in [0.05, 0.1) is 21.3 Å². The molecule has 0 radical (unpaired) electrons. The Labute approximate surface area is 158 Å². The molecule has 0 saturated carbocycles. The molecule has 2 rings (SSSR count). The van der Waals surface area contributed by atoms with Gasteiger partial charge in [-0.2, -0.15) is 0 Å². The van der Waals surface area contributed by atoms with Crippen LogP contribution >= 0.6 is 0 Å². The summed E-state index contributed by atoms with van der Waals surface area (Å²) in [6.45, 7) is 0.187. The van der Waals surface area contributed by atoms with Crippen molar-refractivity contribution >= 4 is 17.7 Å². The van der Waals surface area contributed by atoms with Crippen LogP contribution in [0.3, 0.4) is 0 Å². The topological polar surface area (TPSA) is 75.3 Å². The van der Waals surface area contributed by atoms with Gasteiger partial charge in [-0.15, -0.1) is 0 Å². The number of carbonyl (C=O) groups is 1. The first kappa shape index (κ1) is 20.1. The number of benzene rings is 2. The zero-order valence-corrected chi connectivity index (χ0v) is 15.8. The predicted octanol–water partition coefficient (Wildman–Crippen LogP) is 3.35. The van der Waals surface area contributed by atoms with Crippen molar-refractivity contribution in [3.05, 3.63) is 48.0 Å². The molecule has 0 atom stereocenters. The molecule has 0 aromatic heterocycles. The van der Waals surface area contributed by atoms with Crippen LogP contribution < -0.4 is 24.3 Å². The Morgan fingerprint density at radius 3 is 2.11 bits per heavy atom. The molecule has 7 heteroatoms. The monoisotopic (exact) mass is 373 g/mol. The van der Waals surface area contributed by atoms with E-state index in [1.807, 2.05) is 12.1 Å². The van der Waals surface area contributed by atoms with E-state index in [4.69, 9.17) is 23.7 Å². The standard InChI is InChI=1S/C20H23NO6/c1-23-13-27-16-8-5-14(6-9-16)7-10-19(22)21-15-11-17(24-2)20(26-4)18(12-15)25-3/h5-12H,13H2,1-4H3,(H,21,22)/b10-7+. The summed E-state index contributed by atoms with van der Waals surface area (Å²) in [5.74, 6) is 1.79. The Kier molecular flexibility index (Phi) is 7.51. The van der Waals surface area contributed by atoms with Crippen LogP contribution in [0.4, 0.5) is 5.69 Å². The van der Waals surface area contributed by atoms with Gasteiger partial charge in [-0.1, -0.05) is 12.1 Å². The molecular formula is C20H23NO6. The first-order valence-corrected chi connectivity index (χ1v) is 8.12. The number of anilines is 1. The maximum Gasteiger partial charge on any atom is 0.248 e. The van der Waals surface area contributed by atoms with Crippen molar-refractivity contribution in [3.8, 4) is 23.0 Å². The highest BCUT2D eigenvalue weighted by Crippen LogP contribution is 2.39. The normalized spacial score (nSPS) is 10.5. The Morgan fingerprint density at radius 2 is 1.59 bits per heavy atom. The van der Waals surface area contributed by atoms with E-state index in [-0.39, 0.29) is 12.7 Å². The largest absolute Gasteiger partial charge is 0.493 e. The minimum atomic E-state index is -0.288. The summed E-state index contributed by atoms with van der Waals surface area (Å²) in [5, 5.41) is 2.77. The van der Waals surface area contributed by atoms with Gasteiger partial charge in [0.1, 0.15) is 5.75 Å². The SMILES string of the molecule is COCOc1ccc(/C=C/C(=O)Nc2cc(OC)c(OC)c(OC)c2)cc1. The fraction of sp³-hybridized carbons (Fsp3) is 0.250. The number of rotatable bonds is 9. The van der Waals surface area contributed by atoms with Gasteiger partial charge in [-0.05, 0) is 23.8 Å². The molecule has 7 nitrogen and oxygen atoms in total. The fourth-order valence-electron chi connectivity index (χ4n) is 2.31. The van der Waals surface area contributed by atoms with Crippen molar-refractivity contribution in [2.45, 2.75) is 0 Å². The molecule has 144 valence electrons. The summed E-state index contributed by atoms with van der Waals surface area (Å²) < 4.78 is 26.0. The molecule has 0 bridgehead atoms. The van der Waals surface area contributed by atoms with Crippen LogP contribution in [-0.4, -0.2) is 41.1 Å². The molecule has 0 saturated heterocycles. The summed E-state index contributed by atoms with van der Waals surface area (Å²) in [7, 11) is 6.11. The molecule has 0 unspecified atom stereocenters. The Balaban J connectivity index is 2.05. The van der Waals surface area contributed by atoms with Crippen molar-refractivity contribution in [2.75, 3.05) is 40.5 Å². The second kappa shape index (κ2) is 10.1. The maximum atomic E-state index is 12.2. The summed E-state index contributed by atoms with van der Waals surface area (Å²) in [6, 6.07) is 10.6. The zero-order chi connectivity index (χ0) is 19.6. The lowest BCUT2D eigenvalue weighted by atomic mass is 10.2. The molecule has 2 aromatic carbocycles. The van der Waals surface area contributed by atoms with Gasteiger partial charge in [0.15, 0.2) is 18.3 Å². The third-order valence-electron chi connectivity index (χ3n) is 3.58. The third-order valence-corrected chi connectivity index (χ3v) is 3.58. The summed E-state index contributed by atoms with van der Waals surface area (Å²) in [4.78, 5) is 12.2. The van der Waals surface area contributed by atoms with Gasteiger partial charge in [-0.3, -0.25) is 4.79 Å². The summed E-state index contributed by atoms with van der Waals surface area (Å²) in [6.07, 6.45) is 3.14. The van der Waals surface area contributed by atoms with Crippen LogP contribution in [0.15, 0.2) is 42.5 Å². The molecule has 0 fully saturated rings. The lowest BCUT2D eigenvalue weighted by molar-refractivity contribution is -0.111. The Bertz CT molecular complexity index is 761. The van der Waals surface area contributed by atoms with E-state index in [9.17, 15) is 4.79 Å². The van der Waals surface area contributed by atoms with E-state index in [2.05, 4.69) is 5.32 Å². The lowest BCUT2D eigenvalue weighted by Gasteiger charge is -2.14. The Morgan fingerprint density at radius 1 is 0.963 bits per heavy atom. The molecule has 1 amide bonds. The van der Waals surface area contributed by atoms with Crippen LogP contribution in [0.1, 0.15) is 5.56 Å². The van der Waals surface area contributed by atoms with Gasteiger partial charge in [0.25, 0.3) is 0 Å². The van der Waals surface area contributed by atoms with Crippen molar-refractivity contribution in [1.82, 2.24) is 0 Å². The minimum Gasteiger partial charge on any atom is -0.493 e. The van der Waals surface area contributed by atoms with Crippen molar-refractivity contribution < 1.29 is 28.5 Å². The molecule has 2 aromatic rings. The number of hydrogen-bond donors (Lipinski definition) is 1. The number of carbonyl (C=O) groups excluding carboxylic acids is 1. The van der Waals surface area contributed by atoms with Gasteiger partial charge < -0.3 is 29.0 Å². The van der Waals surface area contributed by atoms with Gasteiger partial charge >= 0.3 is 0 Å². The second-order valence-corrected chi connectivity index (χ2v) is 5.36. The third kappa shape index (κ3) is 5.65. The van der Waals surface area contributed by atoms with Crippen LogP contribution in [0.2, 0.25) is 0 Å². The zero-order valence-electron chi connectivity index (χ0n) is 15.8. The number of hydrogen-bond acceptors (Lipinski definition) is 6. The van der Waals surface area contributed by atoms with Crippen molar-refractivity contribution in [3.63, 3.8) is 0 Å². The predicted molar refractivity (Wildman–Crippen MR) is 103 cm³/mol. The van der Waals surface area contributed by atoms with Gasteiger partial charge in [0.2, 0.25) is 11.7 Å². The summed E-state index contributed by atoms with van der Waals surface area (Å²) >= 11 is 0. The minimum absolute atomic E-state index is 0.187. The lowest BCUT2D eigenvalue weighted by Crippen LogP contribution is -2.08. The Hall–Kier alpha value is -3.19. The smallest absolute Gasteiger partial charge is 0.248 e. The average Bonchev–Trinajstić information content (AvgIpc) is 2.70. The maximum absolute atomic E-state index is 12.2. The summed E-state index contributed by atoms with van der Waals surface area (Å²) in [5.41, 5.74) is 1.39. The van der Waals surface area contributed by atoms with Gasteiger partial charge in [-0.25, -0.2) is 0 Å². The first-order valence-electron chi connectivity index (χ1n) is 8.12. The average molecular weight is 373 g/mol. The van der Waals surface area contributed by atoms with Crippen LogP contribution in [-0.2, 0) is 9.53 Å². The van der Waals surface area contributed by atoms with Crippen molar-refractivity contribution in [1.29, 1.82) is 0 Å². The van der Waals surface area contributed by atoms with E-state index < -0.39 is 0 Å². The molecule has 0 aliphatic carbocycles.